The number of rotatable bonds is 6. The maximum absolute atomic E-state index is 12.0. The molecule has 0 atom stereocenters. The third-order valence-corrected chi connectivity index (χ3v) is 3.09. The first kappa shape index (κ1) is 16.2. The van der Waals surface area contributed by atoms with E-state index in [2.05, 4.69) is 19.9 Å². The summed E-state index contributed by atoms with van der Waals surface area (Å²) in [5, 5.41) is 0. The largest absolute Gasteiger partial charge is 0.493 e. The maximum atomic E-state index is 12.0. The van der Waals surface area contributed by atoms with Crippen LogP contribution in [-0.2, 0) is 14.3 Å². The molecule has 0 unspecified atom stereocenters. The summed E-state index contributed by atoms with van der Waals surface area (Å²) in [6.45, 7) is 6.20. The smallest absolute Gasteiger partial charge is 0.224 e. The molecule has 0 aromatic carbocycles. The lowest BCUT2D eigenvalue weighted by Gasteiger charge is -2.11. The van der Waals surface area contributed by atoms with Gasteiger partial charge in [0.25, 0.3) is 0 Å². The van der Waals surface area contributed by atoms with Gasteiger partial charge in [-0.15, -0.1) is 0 Å². The van der Waals surface area contributed by atoms with Gasteiger partial charge in [0.2, 0.25) is 5.78 Å². The fourth-order valence-corrected chi connectivity index (χ4v) is 1.91. The van der Waals surface area contributed by atoms with E-state index in [0.717, 1.165) is 12.8 Å². The highest BCUT2D eigenvalue weighted by molar-refractivity contribution is 6.19. The van der Waals surface area contributed by atoms with Gasteiger partial charge in [-0.05, 0) is 46.1 Å². The molecule has 1 aliphatic rings. The van der Waals surface area contributed by atoms with Crippen molar-refractivity contribution in [3.63, 3.8) is 0 Å². The van der Waals surface area contributed by atoms with E-state index < -0.39 is 0 Å². The van der Waals surface area contributed by atoms with Crippen molar-refractivity contribution in [2.45, 2.75) is 40.0 Å². The summed E-state index contributed by atoms with van der Waals surface area (Å²) in [5.41, 5.74) is 3.02. The summed E-state index contributed by atoms with van der Waals surface area (Å²) < 4.78 is 4.92. The van der Waals surface area contributed by atoms with Crippen molar-refractivity contribution in [3.05, 3.63) is 46.8 Å². The summed E-state index contributed by atoms with van der Waals surface area (Å²) >= 11 is 0. The Morgan fingerprint density at radius 1 is 1.15 bits per heavy atom. The number of methoxy groups -OCH3 is 1. The van der Waals surface area contributed by atoms with Gasteiger partial charge in [-0.25, -0.2) is 0 Å². The van der Waals surface area contributed by atoms with E-state index >= 15 is 0 Å². The lowest BCUT2D eigenvalue weighted by molar-refractivity contribution is -0.117. The van der Waals surface area contributed by atoms with Gasteiger partial charge < -0.3 is 4.74 Å². The summed E-state index contributed by atoms with van der Waals surface area (Å²) in [5.74, 6) is -0.254. The van der Waals surface area contributed by atoms with Gasteiger partial charge in [0.1, 0.15) is 0 Å². The van der Waals surface area contributed by atoms with Crippen LogP contribution in [-0.4, -0.2) is 18.7 Å². The van der Waals surface area contributed by atoms with Gasteiger partial charge in [-0.1, -0.05) is 23.3 Å². The molecule has 0 amide bonds. The molecule has 3 heteroatoms. The van der Waals surface area contributed by atoms with Crippen LogP contribution in [0.4, 0.5) is 0 Å². The van der Waals surface area contributed by atoms with Crippen LogP contribution in [0.3, 0.4) is 0 Å². The molecule has 108 valence electrons. The normalized spacial score (nSPS) is 15.7. The highest BCUT2D eigenvalue weighted by atomic mass is 16.5. The van der Waals surface area contributed by atoms with Gasteiger partial charge in [0, 0.05) is 11.6 Å². The molecular weight excluding hydrogens is 252 g/mol. The van der Waals surface area contributed by atoms with Crippen LogP contribution in [0.25, 0.3) is 0 Å². The highest BCUT2D eigenvalue weighted by Crippen LogP contribution is 2.18. The average Bonchev–Trinajstić information content (AvgIpc) is 2.38. The van der Waals surface area contributed by atoms with Crippen LogP contribution in [0.5, 0.6) is 0 Å². The van der Waals surface area contributed by atoms with Crippen molar-refractivity contribution >= 4 is 11.6 Å². The Kier molecular flexibility index (Phi) is 6.16. The number of ether oxygens (including phenoxy) is 1. The van der Waals surface area contributed by atoms with Crippen LogP contribution < -0.4 is 0 Å². The SMILES string of the molecule is COC1=CC(=O)C=C(CC=C(C)CCC=C(C)C)C1=O. The predicted octanol–water partition coefficient (Wildman–Crippen LogP) is 3.68. The van der Waals surface area contributed by atoms with E-state index in [9.17, 15) is 9.59 Å². The lowest BCUT2D eigenvalue weighted by atomic mass is 9.97. The number of Topliss-reactive ketones (excluding diaryl/α,β-unsaturated/α-hetero) is 1. The minimum atomic E-state index is -0.194. The van der Waals surface area contributed by atoms with Gasteiger partial charge in [0.15, 0.2) is 11.5 Å². The lowest BCUT2D eigenvalue weighted by Crippen LogP contribution is -2.15. The van der Waals surface area contributed by atoms with Gasteiger partial charge in [-0.2, -0.15) is 0 Å². The third kappa shape index (κ3) is 5.00. The van der Waals surface area contributed by atoms with Crippen LogP contribution in [0, 0.1) is 0 Å². The molecule has 0 saturated heterocycles. The molecule has 0 radical (unpaired) electrons. The monoisotopic (exact) mass is 274 g/mol. The van der Waals surface area contributed by atoms with Gasteiger partial charge in [0.05, 0.1) is 7.11 Å². The molecular formula is C17H22O3. The fraction of sp³-hybridized carbons (Fsp3) is 0.412. The minimum absolute atomic E-state index is 0.128. The van der Waals surface area contributed by atoms with Crippen LogP contribution >= 0.6 is 0 Å². The van der Waals surface area contributed by atoms with Crippen molar-refractivity contribution in [1.82, 2.24) is 0 Å². The fourth-order valence-electron chi connectivity index (χ4n) is 1.91. The predicted molar refractivity (Wildman–Crippen MR) is 80.2 cm³/mol. The molecule has 0 fully saturated rings. The Morgan fingerprint density at radius 3 is 2.45 bits per heavy atom. The Labute approximate surface area is 120 Å². The Balaban J connectivity index is 2.62. The van der Waals surface area contributed by atoms with E-state index in [4.69, 9.17) is 4.74 Å². The molecule has 0 bridgehead atoms. The summed E-state index contributed by atoms with van der Waals surface area (Å²) in [6.07, 6.45) is 9.27. The number of carbonyl (C=O) groups is 2. The zero-order valence-corrected chi connectivity index (χ0v) is 12.7. The molecule has 3 nitrogen and oxygen atoms in total. The Bertz CT molecular complexity index is 512. The van der Waals surface area contributed by atoms with E-state index in [1.807, 2.05) is 13.0 Å². The van der Waals surface area contributed by atoms with Crippen molar-refractivity contribution in [2.24, 2.45) is 0 Å². The first-order valence-corrected chi connectivity index (χ1v) is 6.78. The summed E-state index contributed by atoms with van der Waals surface area (Å²) in [6, 6.07) is 0. The molecule has 0 aromatic heterocycles. The topological polar surface area (TPSA) is 43.4 Å². The molecule has 1 aliphatic carbocycles. The van der Waals surface area contributed by atoms with Gasteiger partial charge in [-0.3, -0.25) is 9.59 Å². The van der Waals surface area contributed by atoms with Crippen molar-refractivity contribution in [1.29, 1.82) is 0 Å². The standard InChI is InChI=1S/C17H22O3/c1-12(2)6-5-7-13(3)8-9-14-10-15(18)11-16(20-4)17(14)19/h6,8,10-11H,5,7,9H2,1-4H3. The van der Waals surface area contributed by atoms with Crippen molar-refractivity contribution in [2.75, 3.05) is 7.11 Å². The van der Waals surface area contributed by atoms with Gasteiger partial charge >= 0.3 is 0 Å². The Morgan fingerprint density at radius 2 is 1.85 bits per heavy atom. The average molecular weight is 274 g/mol. The van der Waals surface area contributed by atoms with Crippen LogP contribution in [0.2, 0.25) is 0 Å². The third-order valence-electron chi connectivity index (χ3n) is 3.09. The molecule has 0 N–H and O–H groups in total. The molecule has 1 rings (SSSR count). The van der Waals surface area contributed by atoms with Crippen LogP contribution in [0.1, 0.15) is 40.0 Å². The zero-order valence-electron chi connectivity index (χ0n) is 12.7. The Hall–Kier alpha value is -1.90. The summed E-state index contributed by atoms with van der Waals surface area (Å²) in [4.78, 5) is 23.4. The molecule has 20 heavy (non-hydrogen) atoms. The van der Waals surface area contributed by atoms with E-state index in [0.29, 0.717) is 12.0 Å². The zero-order chi connectivity index (χ0) is 15.1. The van der Waals surface area contributed by atoms with E-state index in [-0.39, 0.29) is 17.3 Å². The number of ketones is 2. The number of hydrogen-bond acceptors (Lipinski definition) is 3. The quantitative estimate of drug-likeness (QED) is 0.548. The van der Waals surface area contributed by atoms with E-state index in [1.165, 1.54) is 30.4 Å². The molecule has 0 heterocycles. The van der Waals surface area contributed by atoms with Crippen molar-refractivity contribution in [3.8, 4) is 0 Å². The number of carbonyl (C=O) groups excluding carboxylic acids is 2. The number of hydrogen-bond donors (Lipinski definition) is 0. The number of allylic oxidation sites excluding steroid dienone is 7. The first-order chi connectivity index (χ1) is 9.43. The molecule has 0 aromatic rings. The van der Waals surface area contributed by atoms with E-state index in [1.54, 1.807) is 0 Å². The summed E-state index contributed by atoms with van der Waals surface area (Å²) in [7, 11) is 1.40. The second-order valence-electron chi connectivity index (χ2n) is 5.19. The second kappa shape index (κ2) is 7.63. The van der Waals surface area contributed by atoms with Crippen molar-refractivity contribution < 1.29 is 14.3 Å². The minimum Gasteiger partial charge on any atom is -0.493 e. The highest BCUT2D eigenvalue weighted by Gasteiger charge is 2.21. The molecule has 0 saturated carbocycles. The molecule has 0 aliphatic heterocycles. The maximum Gasteiger partial charge on any atom is 0.224 e. The van der Waals surface area contributed by atoms with Crippen LogP contribution in [0.15, 0.2) is 46.8 Å². The first-order valence-electron chi connectivity index (χ1n) is 6.78. The molecule has 0 spiro atoms. The second-order valence-corrected chi connectivity index (χ2v) is 5.19.